The van der Waals surface area contributed by atoms with Gasteiger partial charge in [-0.15, -0.1) is 0 Å². The van der Waals surface area contributed by atoms with Gasteiger partial charge in [0.05, 0.1) is 58.5 Å². The molecular formula is C34H28BrClF2N6O6S. The molecule has 1 unspecified atom stereocenters. The summed E-state index contributed by atoms with van der Waals surface area (Å²) in [5.41, 5.74) is 0.651. The van der Waals surface area contributed by atoms with E-state index in [-0.39, 0.29) is 62.7 Å². The second-order valence-electron chi connectivity index (χ2n) is 11.6. The maximum absolute atomic E-state index is 14.5. The van der Waals surface area contributed by atoms with Crippen LogP contribution in [0.4, 0.5) is 19.4 Å². The number of sulfonamides is 1. The number of anilines is 1. The molecule has 2 N–H and O–H groups in total. The first kappa shape index (κ1) is 35.8. The maximum atomic E-state index is 14.5. The predicted molar refractivity (Wildman–Crippen MR) is 192 cm³/mol. The van der Waals surface area contributed by atoms with Gasteiger partial charge in [-0.2, -0.15) is 5.10 Å². The number of ether oxygens (including phenoxy) is 1. The Morgan fingerprint density at radius 1 is 1.06 bits per heavy atom. The lowest BCUT2D eigenvalue weighted by molar-refractivity contribution is 0.189. The van der Waals surface area contributed by atoms with Crippen LogP contribution in [0, 0.1) is 11.6 Å². The van der Waals surface area contributed by atoms with E-state index in [1.807, 2.05) is 0 Å². The van der Waals surface area contributed by atoms with Crippen LogP contribution in [0.5, 0.6) is 5.75 Å². The molecule has 6 rings (SSSR count). The van der Waals surface area contributed by atoms with Gasteiger partial charge in [-0.25, -0.2) is 31.3 Å². The molecular weight excluding hydrogens is 774 g/mol. The summed E-state index contributed by atoms with van der Waals surface area (Å²) in [5.74, 6) is -1.32. The summed E-state index contributed by atoms with van der Waals surface area (Å²) in [6.07, 6.45) is -0.761. The molecule has 0 fully saturated rings. The molecule has 0 aliphatic carbocycles. The van der Waals surface area contributed by atoms with Crippen molar-refractivity contribution < 1.29 is 31.8 Å². The van der Waals surface area contributed by atoms with Crippen molar-refractivity contribution in [2.24, 2.45) is 7.05 Å². The van der Waals surface area contributed by atoms with Crippen LogP contribution in [0.2, 0.25) is 5.02 Å². The van der Waals surface area contributed by atoms with Crippen molar-refractivity contribution >= 4 is 71.3 Å². The molecule has 264 valence electrons. The van der Waals surface area contributed by atoms with E-state index in [0.717, 1.165) is 22.7 Å². The molecule has 1 amide bonds. The van der Waals surface area contributed by atoms with Crippen LogP contribution in [0.25, 0.3) is 27.5 Å². The highest BCUT2D eigenvalue weighted by Crippen LogP contribution is 2.38. The van der Waals surface area contributed by atoms with E-state index in [2.05, 4.69) is 26.3 Å². The van der Waals surface area contributed by atoms with Crippen LogP contribution in [0.3, 0.4) is 0 Å². The average molecular weight is 802 g/mol. The zero-order valence-corrected chi connectivity index (χ0v) is 30.2. The normalized spacial score (nSPS) is 12.3. The summed E-state index contributed by atoms with van der Waals surface area (Å²) >= 11 is 10.1. The maximum Gasteiger partial charge on any atom is 0.405 e. The molecule has 17 heteroatoms. The fraction of sp³-hybridized carbons (Fsp3) is 0.176. The number of nitrogens with one attached hydrogen (secondary N) is 1. The quantitative estimate of drug-likeness (QED) is 0.160. The van der Waals surface area contributed by atoms with Crippen LogP contribution in [0.15, 0.2) is 82.1 Å². The van der Waals surface area contributed by atoms with E-state index >= 15 is 0 Å². The minimum atomic E-state index is -3.98. The van der Waals surface area contributed by atoms with Gasteiger partial charge in [0, 0.05) is 24.0 Å². The number of hydrogen-bond donors (Lipinski definition) is 2. The van der Waals surface area contributed by atoms with Gasteiger partial charge in [-0.3, -0.25) is 14.0 Å². The van der Waals surface area contributed by atoms with Crippen molar-refractivity contribution in [2.45, 2.75) is 19.0 Å². The molecule has 0 spiro atoms. The number of amides is 1. The van der Waals surface area contributed by atoms with Gasteiger partial charge >= 0.3 is 6.09 Å². The fourth-order valence-electron chi connectivity index (χ4n) is 5.90. The fourth-order valence-corrected chi connectivity index (χ4v) is 7.31. The van der Waals surface area contributed by atoms with Gasteiger partial charge in [-0.05, 0) is 65.7 Å². The molecule has 0 radical (unpaired) electrons. The van der Waals surface area contributed by atoms with E-state index in [1.165, 1.54) is 35.5 Å². The molecule has 0 aliphatic rings. The second-order valence-corrected chi connectivity index (χ2v) is 14.8. The summed E-state index contributed by atoms with van der Waals surface area (Å²) in [6.45, 7) is -0.123. The van der Waals surface area contributed by atoms with Crippen LogP contribution in [-0.2, 0) is 30.0 Å². The number of carbonyl (C=O) groups is 1. The third-order valence-electron chi connectivity index (χ3n) is 8.09. The number of hydrogen-bond acceptors (Lipinski definition) is 7. The van der Waals surface area contributed by atoms with Crippen LogP contribution < -0.4 is 19.9 Å². The predicted octanol–water partition coefficient (Wildman–Crippen LogP) is 6.49. The summed E-state index contributed by atoms with van der Waals surface area (Å²) in [7, 11) is -0.923. The van der Waals surface area contributed by atoms with E-state index in [4.69, 9.17) is 21.3 Å². The lowest BCUT2D eigenvalue weighted by Crippen LogP contribution is -2.35. The lowest BCUT2D eigenvalue weighted by Gasteiger charge is -2.23. The topological polar surface area (TPSA) is 149 Å². The highest BCUT2D eigenvalue weighted by molar-refractivity contribution is 9.10. The van der Waals surface area contributed by atoms with Crippen molar-refractivity contribution in [3.05, 3.63) is 121 Å². The van der Waals surface area contributed by atoms with Crippen molar-refractivity contribution in [2.75, 3.05) is 17.7 Å². The highest BCUT2D eigenvalue weighted by Gasteiger charge is 2.30. The molecule has 6 aromatic rings. The van der Waals surface area contributed by atoms with Crippen molar-refractivity contribution in [3.8, 4) is 11.4 Å². The van der Waals surface area contributed by atoms with Crippen molar-refractivity contribution in [1.29, 1.82) is 0 Å². The number of benzene rings is 4. The molecule has 51 heavy (non-hydrogen) atoms. The number of aryl methyl sites for hydroxylation is 1. The largest absolute Gasteiger partial charge is 0.497 e. The number of fused-ring (bicyclic) bond motifs is 2. The Hall–Kier alpha value is -5.06. The number of methoxy groups -OCH3 is 1. The number of halogens is 4. The van der Waals surface area contributed by atoms with Crippen LogP contribution in [0.1, 0.15) is 23.0 Å². The number of rotatable bonds is 10. The van der Waals surface area contributed by atoms with E-state index in [1.54, 1.807) is 42.5 Å². The van der Waals surface area contributed by atoms with Gasteiger partial charge in [0.1, 0.15) is 23.2 Å². The van der Waals surface area contributed by atoms with Crippen molar-refractivity contribution in [3.63, 3.8) is 0 Å². The van der Waals surface area contributed by atoms with Crippen LogP contribution in [-0.4, -0.2) is 52.3 Å². The molecule has 0 saturated carbocycles. The SMILES string of the molecule is COc1ccc(CN(c2nn(C)c3c(-n4c(C(Cc5cc(F)cc(F)c5)NC(=O)O)nc5cc(Br)ccc5c4=O)ccc(Cl)c23)S(C)(=O)=O)cc1. The first-order valence-corrected chi connectivity index (χ1v) is 18.1. The lowest BCUT2D eigenvalue weighted by atomic mass is 10.0. The standard InChI is InChI=1S/C34H28BrClF2N6O6S/c1-42-30-28(11-10-25(36)29(30)32(41-42)43(51(3,48)49)17-18-4-7-23(50-2)8-5-18)44-31(39-26-15-20(35)6-9-24(26)33(44)45)27(40-34(46)47)14-19-12-21(37)16-22(38)13-19/h4-13,15-16,27,40H,14,17H2,1-3H3,(H,46,47). The Balaban J connectivity index is 1.63. The monoisotopic (exact) mass is 800 g/mol. The minimum absolute atomic E-state index is 0.0274. The first-order chi connectivity index (χ1) is 24.1. The zero-order valence-electron chi connectivity index (χ0n) is 27.1. The number of nitrogens with zero attached hydrogens (tertiary/aromatic N) is 5. The highest BCUT2D eigenvalue weighted by atomic mass is 79.9. The summed E-state index contributed by atoms with van der Waals surface area (Å²) in [5, 5.41) is 17.2. The molecule has 12 nitrogen and oxygen atoms in total. The summed E-state index contributed by atoms with van der Waals surface area (Å²) in [6, 6.07) is 16.0. The Bertz CT molecular complexity index is 2490. The molecule has 0 bridgehead atoms. The van der Waals surface area contributed by atoms with Gasteiger partial charge < -0.3 is 15.2 Å². The third kappa shape index (κ3) is 7.25. The number of aromatic nitrogens is 4. The van der Waals surface area contributed by atoms with Gasteiger partial charge in [0.25, 0.3) is 5.56 Å². The average Bonchev–Trinajstić information content (AvgIpc) is 3.40. The molecule has 0 aliphatic heterocycles. The molecule has 1 atom stereocenters. The Morgan fingerprint density at radius 3 is 2.37 bits per heavy atom. The summed E-state index contributed by atoms with van der Waals surface area (Å²) in [4.78, 5) is 31.3. The zero-order chi connectivity index (χ0) is 36.8. The second kappa shape index (κ2) is 13.9. The number of carboxylic acid groups (broad SMARTS) is 1. The van der Waals surface area contributed by atoms with E-state index in [0.29, 0.717) is 21.9 Å². The Kier molecular flexibility index (Phi) is 9.76. The molecule has 2 heterocycles. The molecule has 2 aromatic heterocycles. The third-order valence-corrected chi connectivity index (χ3v) is 10.0. The Labute approximate surface area is 303 Å². The van der Waals surface area contributed by atoms with Gasteiger partial charge in [0.15, 0.2) is 5.82 Å². The van der Waals surface area contributed by atoms with Gasteiger partial charge in [0.2, 0.25) is 10.0 Å². The van der Waals surface area contributed by atoms with Crippen molar-refractivity contribution in [1.82, 2.24) is 24.6 Å². The first-order valence-electron chi connectivity index (χ1n) is 15.1. The van der Waals surface area contributed by atoms with Crippen LogP contribution >= 0.6 is 27.5 Å². The van der Waals surface area contributed by atoms with E-state index < -0.39 is 39.4 Å². The Morgan fingerprint density at radius 2 is 1.75 bits per heavy atom. The smallest absolute Gasteiger partial charge is 0.405 e. The minimum Gasteiger partial charge on any atom is -0.497 e. The molecule has 4 aromatic carbocycles. The molecule has 0 saturated heterocycles. The summed E-state index contributed by atoms with van der Waals surface area (Å²) < 4.78 is 64.5. The van der Waals surface area contributed by atoms with E-state index in [9.17, 15) is 31.9 Å². The van der Waals surface area contributed by atoms with Gasteiger partial charge in [-0.1, -0.05) is 39.7 Å².